The summed E-state index contributed by atoms with van der Waals surface area (Å²) in [5.41, 5.74) is 6.27. The van der Waals surface area contributed by atoms with Gasteiger partial charge in [-0.1, -0.05) is 13.8 Å². The summed E-state index contributed by atoms with van der Waals surface area (Å²) in [4.78, 5) is 29.6. The topological polar surface area (TPSA) is 88.3 Å². The van der Waals surface area contributed by atoms with E-state index in [9.17, 15) is 9.59 Å². The van der Waals surface area contributed by atoms with Gasteiger partial charge in [-0.15, -0.1) is 0 Å². The van der Waals surface area contributed by atoms with Gasteiger partial charge in [-0.25, -0.2) is 4.98 Å². The zero-order chi connectivity index (χ0) is 15.3. The van der Waals surface area contributed by atoms with Gasteiger partial charge in [-0.3, -0.25) is 9.59 Å². The predicted molar refractivity (Wildman–Crippen MR) is 78.1 cm³/mol. The lowest BCUT2D eigenvalue weighted by atomic mass is 10.0. The second kappa shape index (κ2) is 6.88. The number of rotatable bonds is 5. The molecular formula is C14H22N4O2. The maximum absolute atomic E-state index is 12.1. The lowest BCUT2D eigenvalue weighted by Gasteiger charge is -2.23. The number of aromatic nitrogens is 1. The molecule has 1 atom stereocenters. The molecule has 0 aliphatic carbocycles. The van der Waals surface area contributed by atoms with Crippen molar-refractivity contribution in [1.82, 2.24) is 15.2 Å². The fourth-order valence-corrected chi connectivity index (χ4v) is 1.78. The molecule has 0 fully saturated rings. The number of pyridine rings is 1. The van der Waals surface area contributed by atoms with Gasteiger partial charge in [0.2, 0.25) is 5.91 Å². The number of hydrogen-bond donors (Lipinski definition) is 2. The standard InChI is InChI=1S/C14H22N4O2/c1-9(2)7-12(14(20)18(3)4)17-13(19)11-6-5-10(15)8-16-11/h5-6,8-9,12H,7,15H2,1-4H3,(H,17,19). The smallest absolute Gasteiger partial charge is 0.270 e. The molecule has 2 amide bonds. The molecule has 110 valence electrons. The van der Waals surface area contributed by atoms with Gasteiger partial charge in [0.05, 0.1) is 11.9 Å². The summed E-state index contributed by atoms with van der Waals surface area (Å²) in [6.07, 6.45) is 2.00. The van der Waals surface area contributed by atoms with Crippen LogP contribution in [0.25, 0.3) is 0 Å². The number of hydrogen-bond acceptors (Lipinski definition) is 4. The Morgan fingerprint density at radius 2 is 2.00 bits per heavy atom. The Bertz CT molecular complexity index is 469. The molecule has 0 saturated heterocycles. The highest BCUT2D eigenvalue weighted by Crippen LogP contribution is 2.08. The summed E-state index contributed by atoms with van der Waals surface area (Å²) >= 11 is 0. The van der Waals surface area contributed by atoms with Crippen molar-refractivity contribution in [2.45, 2.75) is 26.3 Å². The number of anilines is 1. The van der Waals surface area contributed by atoms with Gasteiger partial charge in [-0.05, 0) is 24.5 Å². The third kappa shape index (κ3) is 4.53. The summed E-state index contributed by atoms with van der Waals surface area (Å²) in [7, 11) is 3.34. The van der Waals surface area contributed by atoms with Crippen LogP contribution in [-0.2, 0) is 4.79 Å². The highest BCUT2D eigenvalue weighted by Gasteiger charge is 2.24. The first-order chi connectivity index (χ1) is 9.31. The molecule has 0 bridgehead atoms. The summed E-state index contributed by atoms with van der Waals surface area (Å²) in [6.45, 7) is 4.01. The molecule has 1 aromatic heterocycles. The van der Waals surface area contributed by atoms with E-state index in [0.717, 1.165) is 0 Å². The SMILES string of the molecule is CC(C)CC(NC(=O)c1ccc(N)cn1)C(=O)N(C)C. The molecule has 0 spiro atoms. The second-order valence-electron chi connectivity index (χ2n) is 5.37. The molecule has 6 heteroatoms. The molecule has 20 heavy (non-hydrogen) atoms. The van der Waals surface area contributed by atoms with E-state index < -0.39 is 6.04 Å². The monoisotopic (exact) mass is 278 g/mol. The fraction of sp³-hybridized carbons (Fsp3) is 0.500. The number of nitrogens with zero attached hydrogens (tertiary/aromatic N) is 2. The van der Waals surface area contributed by atoms with Crippen LogP contribution in [0.4, 0.5) is 5.69 Å². The van der Waals surface area contributed by atoms with E-state index in [2.05, 4.69) is 10.3 Å². The van der Waals surface area contributed by atoms with Gasteiger partial charge in [0, 0.05) is 14.1 Å². The van der Waals surface area contributed by atoms with Gasteiger partial charge < -0.3 is 16.0 Å². The first kappa shape index (κ1) is 15.9. The Labute approximate surface area is 119 Å². The van der Waals surface area contributed by atoms with E-state index in [-0.39, 0.29) is 17.5 Å². The van der Waals surface area contributed by atoms with Crippen LogP contribution in [0.5, 0.6) is 0 Å². The van der Waals surface area contributed by atoms with Crippen molar-refractivity contribution in [1.29, 1.82) is 0 Å². The van der Waals surface area contributed by atoms with Crippen LogP contribution >= 0.6 is 0 Å². The number of likely N-dealkylation sites (N-methyl/N-ethyl adjacent to an activating group) is 1. The van der Waals surface area contributed by atoms with Crippen LogP contribution in [0.1, 0.15) is 30.8 Å². The van der Waals surface area contributed by atoms with Crippen LogP contribution in [0.3, 0.4) is 0 Å². The highest BCUT2D eigenvalue weighted by atomic mass is 16.2. The summed E-state index contributed by atoms with van der Waals surface area (Å²) in [5.74, 6) is -0.197. The lowest BCUT2D eigenvalue weighted by molar-refractivity contribution is -0.131. The number of amides is 2. The van der Waals surface area contributed by atoms with Gasteiger partial charge in [-0.2, -0.15) is 0 Å². The number of carbonyl (C=O) groups excluding carboxylic acids is 2. The average molecular weight is 278 g/mol. The van der Waals surface area contributed by atoms with Crippen molar-refractivity contribution < 1.29 is 9.59 Å². The first-order valence-electron chi connectivity index (χ1n) is 6.54. The maximum Gasteiger partial charge on any atom is 0.270 e. The summed E-state index contributed by atoms with van der Waals surface area (Å²) < 4.78 is 0. The largest absolute Gasteiger partial charge is 0.397 e. The lowest BCUT2D eigenvalue weighted by Crippen LogP contribution is -2.47. The van der Waals surface area contributed by atoms with E-state index in [4.69, 9.17) is 5.73 Å². The van der Waals surface area contributed by atoms with Crippen molar-refractivity contribution >= 4 is 17.5 Å². The van der Waals surface area contributed by atoms with E-state index in [1.54, 1.807) is 20.2 Å². The molecule has 0 radical (unpaired) electrons. The summed E-state index contributed by atoms with van der Waals surface area (Å²) in [5, 5.41) is 2.73. The minimum absolute atomic E-state index is 0.123. The molecule has 1 aromatic rings. The van der Waals surface area contributed by atoms with Crippen molar-refractivity contribution in [3.63, 3.8) is 0 Å². The molecule has 0 aromatic carbocycles. The quantitative estimate of drug-likeness (QED) is 0.837. The summed E-state index contributed by atoms with van der Waals surface area (Å²) in [6, 6.07) is 2.60. The molecule has 6 nitrogen and oxygen atoms in total. The zero-order valence-electron chi connectivity index (χ0n) is 12.4. The van der Waals surface area contributed by atoms with Gasteiger partial charge in [0.1, 0.15) is 11.7 Å². The van der Waals surface area contributed by atoms with Crippen LogP contribution in [0.15, 0.2) is 18.3 Å². The minimum atomic E-state index is -0.545. The number of nitrogens with one attached hydrogen (secondary N) is 1. The Hall–Kier alpha value is -2.11. The molecule has 1 heterocycles. The Morgan fingerprint density at radius 1 is 1.35 bits per heavy atom. The third-order valence-corrected chi connectivity index (χ3v) is 2.77. The molecule has 0 aliphatic rings. The van der Waals surface area contributed by atoms with Crippen molar-refractivity contribution in [3.8, 4) is 0 Å². The fourth-order valence-electron chi connectivity index (χ4n) is 1.78. The van der Waals surface area contributed by atoms with Crippen LogP contribution < -0.4 is 11.1 Å². The molecule has 0 saturated carbocycles. The Morgan fingerprint density at radius 3 is 2.45 bits per heavy atom. The maximum atomic E-state index is 12.1. The van der Waals surface area contributed by atoms with Crippen LogP contribution in [0.2, 0.25) is 0 Å². The van der Waals surface area contributed by atoms with Crippen molar-refractivity contribution in [3.05, 3.63) is 24.0 Å². The van der Waals surface area contributed by atoms with Crippen LogP contribution in [-0.4, -0.2) is 41.8 Å². The highest BCUT2D eigenvalue weighted by molar-refractivity contribution is 5.96. The molecule has 3 N–H and O–H groups in total. The van der Waals surface area contributed by atoms with Gasteiger partial charge >= 0.3 is 0 Å². The van der Waals surface area contributed by atoms with Gasteiger partial charge in [0.25, 0.3) is 5.91 Å². The van der Waals surface area contributed by atoms with E-state index in [1.807, 2.05) is 13.8 Å². The number of nitrogen functional groups attached to an aromatic ring is 1. The Kier molecular flexibility index (Phi) is 5.49. The Balaban J connectivity index is 2.81. The number of nitrogens with two attached hydrogens (primary N) is 1. The van der Waals surface area contributed by atoms with E-state index in [0.29, 0.717) is 18.0 Å². The number of carbonyl (C=O) groups is 2. The zero-order valence-corrected chi connectivity index (χ0v) is 12.4. The van der Waals surface area contributed by atoms with E-state index >= 15 is 0 Å². The third-order valence-electron chi connectivity index (χ3n) is 2.77. The second-order valence-corrected chi connectivity index (χ2v) is 5.37. The van der Waals surface area contributed by atoms with Crippen molar-refractivity contribution in [2.75, 3.05) is 19.8 Å². The molecule has 0 aliphatic heterocycles. The normalized spacial score (nSPS) is 12.1. The first-order valence-corrected chi connectivity index (χ1v) is 6.54. The molecule has 1 unspecified atom stereocenters. The van der Waals surface area contributed by atoms with E-state index in [1.165, 1.54) is 17.2 Å². The minimum Gasteiger partial charge on any atom is -0.397 e. The predicted octanol–water partition coefficient (Wildman–Crippen LogP) is 0.896. The molecule has 1 rings (SSSR count). The van der Waals surface area contributed by atoms with Crippen LogP contribution in [0, 0.1) is 5.92 Å². The molecular weight excluding hydrogens is 256 g/mol. The van der Waals surface area contributed by atoms with Gasteiger partial charge in [0.15, 0.2) is 0 Å². The van der Waals surface area contributed by atoms with Crippen molar-refractivity contribution in [2.24, 2.45) is 5.92 Å². The average Bonchev–Trinajstić information content (AvgIpc) is 2.37.